The van der Waals surface area contributed by atoms with E-state index < -0.39 is 0 Å². The van der Waals surface area contributed by atoms with E-state index in [0.717, 1.165) is 55.8 Å². The molecule has 0 amide bonds. The number of hydrogen-bond donors (Lipinski definition) is 0. The van der Waals surface area contributed by atoms with Crippen LogP contribution in [0, 0.1) is 0 Å². The van der Waals surface area contributed by atoms with E-state index in [4.69, 9.17) is 29.9 Å². The average molecular weight is 1330 g/mol. The molecule has 2 aliphatic carbocycles. The van der Waals surface area contributed by atoms with Gasteiger partial charge in [0.05, 0.1) is 22.1 Å². The zero-order valence-electron chi connectivity index (χ0n) is 57.9. The molecule has 104 heavy (non-hydrogen) atoms. The van der Waals surface area contributed by atoms with Crippen molar-refractivity contribution in [2.24, 2.45) is 0 Å². The molecule has 8 nitrogen and oxygen atoms in total. The van der Waals surface area contributed by atoms with Crippen molar-refractivity contribution in [2.45, 2.75) is 38.5 Å². The summed E-state index contributed by atoms with van der Waals surface area (Å²) in [5.41, 5.74) is 27.8. The van der Waals surface area contributed by atoms with Gasteiger partial charge >= 0.3 is 0 Å². The first-order chi connectivity index (χ1) is 51.1. The van der Waals surface area contributed by atoms with E-state index >= 15 is 0 Å². The molecule has 4 aromatic heterocycles. The van der Waals surface area contributed by atoms with Crippen LogP contribution in [0.1, 0.15) is 49.9 Å². The van der Waals surface area contributed by atoms with Crippen LogP contribution < -0.4 is 0 Å². The fourth-order valence-electron chi connectivity index (χ4n) is 16.0. The van der Waals surface area contributed by atoms with Crippen LogP contribution in [-0.2, 0) is 10.8 Å². The summed E-state index contributed by atoms with van der Waals surface area (Å²) in [6, 6.07) is 120. The maximum Gasteiger partial charge on any atom is 0.164 e. The summed E-state index contributed by atoms with van der Waals surface area (Å²) in [6.45, 7) is 9.39. The van der Waals surface area contributed by atoms with Gasteiger partial charge in [-0.15, -0.1) is 0 Å². The van der Waals surface area contributed by atoms with Crippen molar-refractivity contribution >= 4 is 43.6 Å². The molecule has 8 heteroatoms. The lowest BCUT2D eigenvalue weighted by Crippen LogP contribution is -2.14. The van der Waals surface area contributed by atoms with Gasteiger partial charge in [0, 0.05) is 77.1 Å². The molecule has 2 aliphatic rings. The van der Waals surface area contributed by atoms with E-state index in [9.17, 15) is 0 Å². The highest BCUT2D eigenvalue weighted by Gasteiger charge is 2.38. The molecule has 0 saturated heterocycles. The molecule has 18 aromatic rings. The molecular weight excluding hydrogens is 1270 g/mol. The molecule has 0 aliphatic heterocycles. The summed E-state index contributed by atoms with van der Waals surface area (Å²) >= 11 is 0. The Labute approximate surface area is 603 Å². The second kappa shape index (κ2) is 24.8. The Morgan fingerprint density at radius 1 is 0.192 bits per heavy atom. The minimum Gasteiger partial charge on any atom is -0.309 e. The van der Waals surface area contributed by atoms with Gasteiger partial charge in [-0.25, -0.2) is 29.9 Å². The van der Waals surface area contributed by atoms with Crippen molar-refractivity contribution in [1.29, 1.82) is 0 Å². The normalized spacial score (nSPS) is 13.0. The minimum atomic E-state index is -0.100. The van der Waals surface area contributed by atoms with Gasteiger partial charge in [0.1, 0.15) is 0 Å². The van der Waals surface area contributed by atoms with Gasteiger partial charge in [-0.2, -0.15) is 0 Å². The molecule has 4 heterocycles. The molecule has 492 valence electrons. The van der Waals surface area contributed by atoms with E-state index in [2.05, 4.69) is 279 Å². The summed E-state index contributed by atoms with van der Waals surface area (Å²) in [6.07, 6.45) is 0. The standard InChI is InChI=1S/2C48H34N4/c1-48(2)41-24-13-12-23-37(41)38-30-44-40(29-42(38)48)39-28-34(31-15-6-3-7-16-31)25-26-43(39)52(44)36-22-14-21-35(27-36)47-50-45(32-17-8-4-9-18-32)49-46(51-47)33-19-10-5-11-20-33;1-48(2)41-22-11-9-20-37(41)39-30-44-40(29-42(39)48)38-21-10-12-23-43(38)52(44)36-19-13-18-35(28-36)47-50-45(33-16-7-4-8-17-33)49-46(51-47)34-26-24-32(25-27-34)31-14-5-3-6-15-31/h2*3-30H,1-2H3. The first-order valence-electron chi connectivity index (χ1n) is 35.6. The first-order valence-corrected chi connectivity index (χ1v) is 35.6. The predicted molar refractivity (Wildman–Crippen MR) is 427 cm³/mol. The maximum atomic E-state index is 5.11. The number of fused-ring (bicyclic) bond motifs is 12. The van der Waals surface area contributed by atoms with Crippen molar-refractivity contribution in [2.75, 3.05) is 0 Å². The lowest BCUT2D eigenvalue weighted by atomic mass is 9.82. The van der Waals surface area contributed by atoms with Crippen molar-refractivity contribution < 1.29 is 0 Å². The second-order valence-corrected chi connectivity index (χ2v) is 28.2. The third-order valence-corrected chi connectivity index (χ3v) is 21.3. The van der Waals surface area contributed by atoms with Gasteiger partial charge in [-0.3, -0.25) is 0 Å². The number of rotatable bonds is 10. The van der Waals surface area contributed by atoms with Crippen LogP contribution in [0.15, 0.2) is 340 Å². The fourth-order valence-corrected chi connectivity index (χ4v) is 16.0. The molecule has 20 rings (SSSR count). The average Bonchev–Trinajstić information content (AvgIpc) is 1.56. The summed E-state index contributed by atoms with van der Waals surface area (Å²) in [5, 5.41) is 4.98. The molecule has 14 aromatic carbocycles. The smallest absolute Gasteiger partial charge is 0.164 e. The third kappa shape index (κ3) is 10.5. The fraction of sp³-hybridized carbons (Fsp3) is 0.0625. The second-order valence-electron chi connectivity index (χ2n) is 28.2. The van der Waals surface area contributed by atoms with E-state index in [1.165, 1.54) is 99.3 Å². The number of nitrogens with zero attached hydrogens (tertiary/aromatic N) is 8. The summed E-state index contributed by atoms with van der Waals surface area (Å²) in [7, 11) is 0. The lowest BCUT2D eigenvalue weighted by Gasteiger charge is -2.21. The van der Waals surface area contributed by atoms with Gasteiger partial charge in [0.15, 0.2) is 34.9 Å². The maximum absolute atomic E-state index is 5.11. The Morgan fingerprint density at radius 3 is 0.952 bits per heavy atom. The Balaban J connectivity index is 0.000000143. The van der Waals surface area contributed by atoms with Crippen LogP contribution in [0.25, 0.3) is 168 Å². The first kappa shape index (κ1) is 61.8. The quantitative estimate of drug-likeness (QED) is 0.136. The molecule has 0 atom stereocenters. The molecular formula is C96H68N8. The van der Waals surface area contributed by atoms with Crippen LogP contribution in [0.2, 0.25) is 0 Å². The van der Waals surface area contributed by atoms with Crippen molar-refractivity contribution in [3.05, 3.63) is 362 Å². The Hall–Kier alpha value is -13.3. The van der Waals surface area contributed by atoms with Crippen molar-refractivity contribution in [3.63, 3.8) is 0 Å². The Morgan fingerprint density at radius 2 is 0.500 bits per heavy atom. The highest BCUT2D eigenvalue weighted by Crippen LogP contribution is 2.53. The molecule has 0 spiro atoms. The van der Waals surface area contributed by atoms with Crippen molar-refractivity contribution in [1.82, 2.24) is 39.0 Å². The Bertz CT molecular complexity index is 6320. The molecule has 0 saturated carbocycles. The van der Waals surface area contributed by atoms with Gasteiger partial charge in [-0.1, -0.05) is 301 Å². The van der Waals surface area contributed by atoms with E-state index in [0.29, 0.717) is 34.9 Å². The molecule has 0 N–H and O–H groups in total. The largest absolute Gasteiger partial charge is 0.309 e. The molecule has 0 unspecified atom stereocenters. The lowest BCUT2D eigenvalue weighted by molar-refractivity contribution is 0.661. The molecule has 0 fully saturated rings. The van der Waals surface area contributed by atoms with E-state index in [1.54, 1.807) is 0 Å². The van der Waals surface area contributed by atoms with Crippen LogP contribution in [0.4, 0.5) is 0 Å². The highest BCUT2D eigenvalue weighted by molar-refractivity contribution is 6.13. The van der Waals surface area contributed by atoms with E-state index in [1.807, 2.05) is 97.1 Å². The number of benzene rings is 14. The van der Waals surface area contributed by atoms with Gasteiger partial charge in [0.2, 0.25) is 0 Å². The van der Waals surface area contributed by atoms with Crippen LogP contribution in [0.3, 0.4) is 0 Å². The monoisotopic (exact) mass is 1330 g/mol. The zero-order valence-corrected chi connectivity index (χ0v) is 57.9. The van der Waals surface area contributed by atoms with Gasteiger partial charge < -0.3 is 9.13 Å². The third-order valence-electron chi connectivity index (χ3n) is 21.3. The molecule has 0 bridgehead atoms. The topological polar surface area (TPSA) is 87.2 Å². The van der Waals surface area contributed by atoms with E-state index in [-0.39, 0.29) is 10.8 Å². The molecule has 0 radical (unpaired) electrons. The van der Waals surface area contributed by atoms with Crippen LogP contribution in [-0.4, -0.2) is 39.0 Å². The number of hydrogen-bond acceptors (Lipinski definition) is 6. The summed E-state index contributed by atoms with van der Waals surface area (Å²) in [4.78, 5) is 30.2. The zero-order chi connectivity index (χ0) is 69.6. The Kier molecular flexibility index (Phi) is 14.7. The van der Waals surface area contributed by atoms with Gasteiger partial charge in [-0.05, 0) is 133 Å². The SMILES string of the molecule is CC1(C)c2ccccc2-c2cc3c(cc21)c1cc(-c2ccccc2)ccc1n3-c1cccc(-c2nc(-c3ccccc3)nc(-c3ccccc3)n2)c1.CC1(C)c2ccccc2-c2cc3c(cc21)c1ccccc1n3-c1cccc(-c2nc(-c3ccccc3)nc(-c3ccc(-c4ccccc4)cc3)n2)c1. The van der Waals surface area contributed by atoms with Gasteiger partial charge in [0.25, 0.3) is 0 Å². The summed E-state index contributed by atoms with van der Waals surface area (Å²) in [5.74, 6) is 3.86. The van der Waals surface area contributed by atoms with Crippen LogP contribution in [0.5, 0.6) is 0 Å². The van der Waals surface area contributed by atoms with Crippen LogP contribution >= 0.6 is 0 Å². The summed E-state index contributed by atoms with van der Waals surface area (Å²) < 4.78 is 4.81. The number of aromatic nitrogens is 8. The predicted octanol–water partition coefficient (Wildman–Crippen LogP) is 23.9. The van der Waals surface area contributed by atoms with Crippen molar-refractivity contribution in [3.8, 4) is 124 Å². The highest BCUT2D eigenvalue weighted by atomic mass is 15.1. The minimum absolute atomic E-state index is 0.0715. The number of para-hydroxylation sites is 1.